The van der Waals surface area contributed by atoms with E-state index in [1.165, 1.54) is 4.31 Å². The second-order valence-corrected chi connectivity index (χ2v) is 10.8. The average Bonchev–Trinajstić information content (AvgIpc) is 2.93. The molecule has 0 aliphatic carbocycles. The van der Waals surface area contributed by atoms with E-state index in [0.717, 1.165) is 22.3 Å². The molecular formula is C32H29NO3S. The van der Waals surface area contributed by atoms with E-state index in [9.17, 15) is 13.5 Å². The predicted molar refractivity (Wildman–Crippen MR) is 149 cm³/mol. The van der Waals surface area contributed by atoms with E-state index < -0.39 is 16.1 Å². The Morgan fingerprint density at radius 1 is 0.838 bits per heavy atom. The van der Waals surface area contributed by atoms with E-state index in [2.05, 4.69) is 18.4 Å². The van der Waals surface area contributed by atoms with Gasteiger partial charge in [0.05, 0.1) is 11.0 Å². The summed E-state index contributed by atoms with van der Waals surface area (Å²) in [6, 6.07) is 33.1. The van der Waals surface area contributed by atoms with Crippen molar-refractivity contribution in [3.63, 3.8) is 0 Å². The van der Waals surface area contributed by atoms with Gasteiger partial charge in [0.15, 0.2) is 0 Å². The molecule has 4 aromatic carbocycles. The average molecular weight is 508 g/mol. The van der Waals surface area contributed by atoms with E-state index in [0.29, 0.717) is 11.1 Å². The van der Waals surface area contributed by atoms with Gasteiger partial charge in [-0.2, -0.15) is 4.31 Å². The minimum Gasteiger partial charge on any atom is -0.387 e. The lowest BCUT2D eigenvalue weighted by molar-refractivity contribution is 0.151. The van der Waals surface area contributed by atoms with Gasteiger partial charge in [0.25, 0.3) is 0 Å². The second kappa shape index (κ2) is 11.9. The molecular weight excluding hydrogens is 478 g/mol. The molecule has 1 N–H and O–H groups in total. The standard InChI is InChI=1S/C32H29NO3S/c1-25-16-20-31(21-17-25)37(35,36)33(23-26(2)29-13-7-4-8-14-29)24-32(34)30-15-9-12-28(22-30)19-18-27-10-5-3-6-11-27/h3-17,20-22,32,34H,2,23-24H2,1H3. The van der Waals surface area contributed by atoms with Crippen molar-refractivity contribution >= 4 is 15.6 Å². The Morgan fingerprint density at radius 2 is 1.43 bits per heavy atom. The van der Waals surface area contributed by atoms with Crippen molar-refractivity contribution < 1.29 is 13.5 Å². The van der Waals surface area contributed by atoms with Crippen LogP contribution in [-0.4, -0.2) is 30.9 Å². The van der Waals surface area contributed by atoms with Gasteiger partial charge < -0.3 is 5.11 Å². The molecule has 0 saturated heterocycles. The van der Waals surface area contributed by atoms with Crippen molar-refractivity contribution in [2.24, 2.45) is 0 Å². The van der Waals surface area contributed by atoms with E-state index in [1.807, 2.05) is 79.7 Å². The van der Waals surface area contributed by atoms with Crippen molar-refractivity contribution in [1.82, 2.24) is 4.31 Å². The Morgan fingerprint density at radius 3 is 2.11 bits per heavy atom. The Hall–Kier alpha value is -3.95. The fourth-order valence-corrected chi connectivity index (χ4v) is 5.31. The molecule has 4 nitrogen and oxygen atoms in total. The first kappa shape index (κ1) is 26.1. The third kappa shape index (κ3) is 6.84. The molecule has 37 heavy (non-hydrogen) atoms. The zero-order chi connectivity index (χ0) is 26.3. The van der Waals surface area contributed by atoms with Crippen LogP contribution in [0.1, 0.15) is 33.9 Å². The van der Waals surface area contributed by atoms with Crippen LogP contribution < -0.4 is 0 Å². The minimum absolute atomic E-state index is 0.0464. The molecule has 0 fully saturated rings. The van der Waals surface area contributed by atoms with E-state index in [-0.39, 0.29) is 18.0 Å². The smallest absolute Gasteiger partial charge is 0.243 e. The molecule has 0 spiro atoms. The summed E-state index contributed by atoms with van der Waals surface area (Å²) in [5.41, 5.74) is 4.68. The Balaban J connectivity index is 1.61. The molecule has 0 aliphatic rings. The zero-order valence-electron chi connectivity index (χ0n) is 20.7. The van der Waals surface area contributed by atoms with Gasteiger partial charge >= 0.3 is 0 Å². The number of aliphatic hydroxyl groups is 1. The lowest BCUT2D eigenvalue weighted by Gasteiger charge is -2.26. The molecule has 0 aromatic heterocycles. The topological polar surface area (TPSA) is 57.6 Å². The van der Waals surface area contributed by atoms with Crippen LogP contribution in [0.3, 0.4) is 0 Å². The van der Waals surface area contributed by atoms with Crippen LogP contribution in [0.15, 0.2) is 121 Å². The number of aliphatic hydroxyl groups excluding tert-OH is 1. The zero-order valence-corrected chi connectivity index (χ0v) is 21.5. The molecule has 0 saturated carbocycles. The molecule has 5 heteroatoms. The fourth-order valence-electron chi connectivity index (χ4n) is 3.87. The highest BCUT2D eigenvalue weighted by Gasteiger charge is 2.28. The first-order valence-electron chi connectivity index (χ1n) is 12.0. The summed E-state index contributed by atoms with van der Waals surface area (Å²) in [5, 5.41) is 11.2. The molecule has 186 valence electrons. The monoisotopic (exact) mass is 507 g/mol. The molecule has 4 rings (SSSR count). The number of aryl methyl sites for hydroxylation is 1. The van der Waals surface area contributed by atoms with E-state index in [4.69, 9.17) is 0 Å². The molecule has 0 amide bonds. The highest BCUT2D eigenvalue weighted by Crippen LogP contribution is 2.25. The number of hydrogen-bond donors (Lipinski definition) is 1. The maximum absolute atomic E-state index is 13.7. The maximum Gasteiger partial charge on any atom is 0.243 e. The third-order valence-electron chi connectivity index (χ3n) is 5.98. The van der Waals surface area contributed by atoms with Crippen LogP contribution in [0.2, 0.25) is 0 Å². The van der Waals surface area contributed by atoms with Crippen LogP contribution in [0.4, 0.5) is 0 Å². The highest BCUT2D eigenvalue weighted by atomic mass is 32.2. The van der Waals surface area contributed by atoms with Crippen LogP contribution in [-0.2, 0) is 10.0 Å². The molecule has 0 bridgehead atoms. The quantitative estimate of drug-likeness (QED) is 0.305. The van der Waals surface area contributed by atoms with Gasteiger partial charge in [-0.3, -0.25) is 0 Å². The Labute approximate surface area is 219 Å². The summed E-state index contributed by atoms with van der Waals surface area (Å²) in [7, 11) is -3.90. The largest absolute Gasteiger partial charge is 0.387 e. The minimum atomic E-state index is -3.90. The second-order valence-electron chi connectivity index (χ2n) is 8.84. The number of hydrogen-bond acceptors (Lipinski definition) is 3. The summed E-state index contributed by atoms with van der Waals surface area (Å²) in [4.78, 5) is 0.175. The van der Waals surface area contributed by atoms with Gasteiger partial charge in [-0.25, -0.2) is 8.42 Å². The number of nitrogens with zero attached hydrogens (tertiary/aromatic N) is 1. The summed E-state index contributed by atoms with van der Waals surface area (Å²) in [6.45, 7) is 5.95. The molecule has 4 aromatic rings. The van der Waals surface area contributed by atoms with Crippen molar-refractivity contribution in [3.05, 3.63) is 144 Å². The maximum atomic E-state index is 13.7. The Kier molecular flexibility index (Phi) is 8.37. The van der Waals surface area contributed by atoms with Crippen LogP contribution in [0.5, 0.6) is 0 Å². The predicted octanol–water partition coefficient (Wildman–Crippen LogP) is 5.83. The Bertz CT molecular complexity index is 1520. The van der Waals surface area contributed by atoms with Gasteiger partial charge in [-0.1, -0.05) is 96.8 Å². The van der Waals surface area contributed by atoms with Crippen molar-refractivity contribution in [3.8, 4) is 11.8 Å². The van der Waals surface area contributed by atoms with Crippen LogP contribution in [0, 0.1) is 18.8 Å². The SMILES string of the molecule is C=C(CN(CC(O)c1cccc(C#Cc2ccccc2)c1)S(=O)(=O)c1ccc(C)cc1)c1ccccc1. The number of benzene rings is 4. The van der Waals surface area contributed by atoms with Gasteiger partial charge in [0, 0.05) is 24.2 Å². The van der Waals surface area contributed by atoms with E-state index >= 15 is 0 Å². The molecule has 0 heterocycles. The molecule has 0 radical (unpaired) electrons. The summed E-state index contributed by atoms with van der Waals surface area (Å²) in [5.74, 6) is 6.23. The first-order chi connectivity index (χ1) is 17.8. The van der Waals surface area contributed by atoms with Crippen LogP contribution in [0.25, 0.3) is 5.57 Å². The molecule has 0 aliphatic heterocycles. The summed E-state index contributed by atoms with van der Waals surface area (Å²) < 4.78 is 28.6. The van der Waals surface area contributed by atoms with Crippen molar-refractivity contribution in [2.45, 2.75) is 17.9 Å². The van der Waals surface area contributed by atoms with Gasteiger partial charge in [0.1, 0.15) is 0 Å². The number of sulfonamides is 1. The lowest BCUT2D eigenvalue weighted by atomic mass is 10.0. The molecule has 1 atom stereocenters. The summed E-state index contributed by atoms with van der Waals surface area (Å²) in [6.07, 6.45) is -1.05. The highest BCUT2D eigenvalue weighted by molar-refractivity contribution is 7.89. The van der Waals surface area contributed by atoms with Crippen molar-refractivity contribution in [1.29, 1.82) is 0 Å². The lowest BCUT2D eigenvalue weighted by Crippen LogP contribution is -2.36. The van der Waals surface area contributed by atoms with Crippen LogP contribution >= 0.6 is 0 Å². The first-order valence-corrected chi connectivity index (χ1v) is 13.4. The summed E-state index contributed by atoms with van der Waals surface area (Å²) >= 11 is 0. The fraction of sp³-hybridized carbons (Fsp3) is 0.125. The van der Waals surface area contributed by atoms with Gasteiger partial charge in [0.2, 0.25) is 10.0 Å². The number of rotatable bonds is 8. The van der Waals surface area contributed by atoms with Gasteiger partial charge in [-0.05, 0) is 60.0 Å². The van der Waals surface area contributed by atoms with E-state index in [1.54, 1.807) is 36.4 Å². The molecule has 1 unspecified atom stereocenters. The normalized spacial score (nSPS) is 12.0. The van der Waals surface area contributed by atoms with Crippen molar-refractivity contribution in [2.75, 3.05) is 13.1 Å². The van der Waals surface area contributed by atoms with Gasteiger partial charge in [-0.15, -0.1) is 0 Å². The third-order valence-corrected chi connectivity index (χ3v) is 7.81.